The van der Waals surface area contributed by atoms with Crippen LogP contribution in [0.2, 0.25) is 0 Å². The third-order valence-electron chi connectivity index (χ3n) is 1.28. The third kappa shape index (κ3) is 4.30. The highest BCUT2D eigenvalue weighted by atomic mass is 16.5. The minimum absolute atomic E-state index is 0.353. The molecule has 0 aliphatic rings. The zero-order chi connectivity index (χ0) is 10.4. The quantitative estimate of drug-likeness (QED) is 0.273. The fourth-order valence-electron chi connectivity index (χ4n) is 0.757. The molecular formula is C9H17N2O2+. The Kier molecular flexibility index (Phi) is 4.80. The lowest BCUT2D eigenvalue weighted by atomic mass is 10.4. The van der Waals surface area contributed by atoms with Crippen molar-refractivity contribution in [3.8, 4) is 0 Å². The van der Waals surface area contributed by atoms with Crippen LogP contribution in [-0.4, -0.2) is 49.9 Å². The minimum atomic E-state index is -0.353. The van der Waals surface area contributed by atoms with E-state index in [9.17, 15) is 4.79 Å². The number of rotatable bonds is 4. The average molecular weight is 185 g/mol. The van der Waals surface area contributed by atoms with E-state index in [0.29, 0.717) is 12.3 Å². The van der Waals surface area contributed by atoms with E-state index >= 15 is 0 Å². The van der Waals surface area contributed by atoms with E-state index in [1.54, 1.807) is 25.1 Å². The van der Waals surface area contributed by atoms with Crippen LogP contribution in [-0.2, 0) is 9.53 Å². The van der Waals surface area contributed by atoms with Crippen molar-refractivity contribution in [2.24, 2.45) is 0 Å². The van der Waals surface area contributed by atoms with Crippen LogP contribution in [0.3, 0.4) is 0 Å². The molecule has 0 aliphatic carbocycles. The summed E-state index contributed by atoms with van der Waals surface area (Å²) in [4.78, 5) is 13.1. The molecular weight excluding hydrogens is 168 g/mol. The lowest BCUT2D eigenvalue weighted by Gasteiger charge is -2.06. The molecule has 0 atom stereocenters. The molecule has 0 saturated heterocycles. The molecule has 0 saturated carbocycles. The van der Waals surface area contributed by atoms with E-state index in [0.717, 1.165) is 0 Å². The summed E-state index contributed by atoms with van der Waals surface area (Å²) < 4.78 is 6.33. The number of carbonyl (C=O) groups is 1. The van der Waals surface area contributed by atoms with E-state index in [1.165, 1.54) is 4.58 Å². The highest BCUT2D eigenvalue weighted by Gasteiger charge is 2.19. The Balaban J connectivity index is 4.61. The standard InChI is InChI=1S/C9H17N2O2/c1-6-13-9(12)8(11(4)5)7-10(2)3/h7H,4,6H2,1-3,5H3/q+1. The van der Waals surface area contributed by atoms with E-state index in [1.807, 2.05) is 14.1 Å². The van der Waals surface area contributed by atoms with Gasteiger partial charge in [0.1, 0.15) is 13.8 Å². The third-order valence-corrected chi connectivity index (χ3v) is 1.28. The summed E-state index contributed by atoms with van der Waals surface area (Å²) in [5.74, 6) is -0.353. The molecule has 0 fully saturated rings. The topological polar surface area (TPSA) is 32.5 Å². The van der Waals surface area contributed by atoms with Gasteiger partial charge in [0.2, 0.25) is 0 Å². The number of carbonyl (C=O) groups excluding carboxylic acids is 1. The first-order valence-corrected chi connectivity index (χ1v) is 4.08. The molecule has 0 aromatic carbocycles. The van der Waals surface area contributed by atoms with Crippen molar-refractivity contribution in [3.63, 3.8) is 0 Å². The minimum Gasteiger partial charge on any atom is -0.458 e. The number of esters is 1. The number of ether oxygens (including phenoxy) is 1. The fraction of sp³-hybridized carbons (Fsp3) is 0.556. The van der Waals surface area contributed by atoms with Gasteiger partial charge in [0.15, 0.2) is 0 Å². The maximum Gasteiger partial charge on any atom is 0.405 e. The molecule has 0 aromatic rings. The summed E-state index contributed by atoms with van der Waals surface area (Å²) in [6.07, 6.45) is 1.67. The summed E-state index contributed by atoms with van der Waals surface area (Å²) >= 11 is 0. The van der Waals surface area contributed by atoms with Gasteiger partial charge in [-0.15, -0.1) is 0 Å². The van der Waals surface area contributed by atoms with Crippen LogP contribution in [0.25, 0.3) is 0 Å². The number of hydrogen-bond acceptors (Lipinski definition) is 3. The highest BCUT2D eigenvalue weighted by Crippen LogP contribution is 1.98. The Morgan fingerprint density at radius 3 is 2.46 bits per heavy atom. The van der Waals surface area contributed by atoms with Crippen LogP contribution >= 0.6 is 0 Å². The van der Waals surface area contributed by atoms with E-state index < -0.39 is 0 Å². The first-order chi connectivity index (χ1) is 5.99. The fourth-order valence-corrected chi connectivity index (χ4v) is 0.757. The van der Waals surface area contributed by atoms with Gasteiger partial charge < -0.3 is 9.64 Å². The highest BCUT2D eigenvalue weighted by molar-refractivity contribution is 5.85. The summed E-state index contributed by atoms with van der Waals surface area (Å²) in [5.41, 5.74) is 0.437. The van der Waals surface area contributed by atoms with Crippen LogP contribution < -0.4 is 0 Å². The number of nitrogens with zero attached hydrogens (tertiary/aromatic N) is 2. The zero-order valence-electron chi connectivity index (χ0n) is 8.70. The summed E-state index contributed by atoms with van der Waals surface area (Å²) in [7, 11) is 5.37. The van der Waals surface area contributed by atoms with Gasteiger partial charge in [-0.2, -0.15) is 0 Å². The molecule has 0 heterocycles. The van der Waals surface area contributed by atoms with Gasteiger partial charge in [0, 0.05) is 14.1 Å². The van der Waals surface area contributed by atoms with Crippen LogP contribution in [0.5, 0.6) is 0 Å². The van der Waals surface area contributed by atoms with Gasteiger partial charge >= 0.3 is 11.7 Å². The Morgan fingerprint density at radius 2 is 2.15 bits per heavy atom. The molecule has 0 bridgehead atoms. The molecule has 0 aliphatic heterocycles. The molecule has 0 aromatic heterocycles. The largest absolute Gasteiger partial charge is 0.458 e. The SMILES string of the molecule is C=[N+](C)C(=CN(C)C)C(=O)OCC. The molecule has 0 amide bonds. The van der Waals surface area contributed by atoms with Crippen molar-refractivity contribution >= 4 is 12.7 Å². The van der Waals surface area contributed by atoms with Gasteiger partial charge in [-0.25, -0.2) is 9.37 Å². The second-order valence-electron chi connectivity index (χ2n) is 2.90. The molecule has 0 spiro atoms. The van der Waals surface area contributed by atoms with Crippen LogP contribution in [0.1, 0.15) is 6.92 Å². The van der Waals surface area contributed by atoms with E-state index in [2.05, 4.69) is 6.72 Å². The van der Waals surface area contributed by atoms with Crippen molar-refractivity contribution in [2.75, 3.05) is 27.7 Å². The second kappa shape index (κ2) is 5.35. The molecule has 74 valence electrons. The van der Waals surface area contributed by atoms with Gasteiger partial charge in [-0.3, -0.25) is 0 Å². The predicted octanol–water partition coefficient (Wildman–Crippen LogP) is 0.295. The van der Waals surface area contributed by atoms with Gasteiger partial charge in [0.05, 0.1) is 12.8 Å². The van der Waals surface area contributed by atoms with Crippen molar-refractivity contribution in [3.05, 3.63) is 11.9 Å². The molecule has 0 unspecified atom stereocenters. The van der Waals surface area contributed by atoms with Crippen molar-refractivity contribution in [2.45, 2.75) is 6.92 Å². The van der Waals surface area contributed by atoms with Crippen molar-refractivity contribution in [1.82, 2.24) is 4.90 Å². The van der Waals surface area contributed by atoms with E-state index in [4.69, 9.17) is 4.74 Å². The van der Waals surface area contributed by atoms with Gasteiger partial charge in [-0.05, 0) is 6.92 Å². The summed E-state index contributed by atoms with van der Waals surface area (Å²) in [5, 5.41) is 0. The number of hydrogen-bond donors (Lipinski definition) is 0. The summed E-state index contributed by atoms with van der Waals surface area (Å²) in [6.45, 7) is 5.78. The Labute approximate surface area is 79.1 Å². The lowest BCUT2D eigenvalue weighted by molar-refractivity contribution is -0.431. The Morgan fingerprint density at radius 1 is 1.62 bits per heavy atom. The first kappa shape index (κ1) is 11.7. The lowest BCUT2D eigenvalue weighted by Crippen LogP contribution is -2.19. The molecule has 0 rings (SSSR count). The maximum absolute atomic E-state index is 11.3. The maximum atomic E-state index is 11.3. The molecule has 4 heteroatoms. The predicted molar refractivity (Wildman–Crippen MR) is 51.7 cm³/mol. The normalized spacial score (nSPS) is 10.9. The van der Waals surface area contributed by atoms with E-state index in [-0.39, 0.29) is 5.97 Å². The monoisotopic (exact) mass is 185 g/mol. The first-order valence-electron chi connectivity index (χ1n) is 4.08. The van der Waals surface area contributed by atoms with Gasteiger partial charge in [0.25, 0.3) is 0 Å². The van der Waals surface area contributed by atoms with Gasteiger partial charge in [-0.1, -0.05) is 0 Å². The molecule has 13 heavy (non-hydrogen) atoms. The van der Waals surface area contributed by atoms with Crippen molar-refractivity contribution in [1.29, 1.82) is 0 Å². The average Bonchev–Trinajstić information content (AvgIpc) is 1.99. The molecule has 0 radical (unpaired) electrons. The van der Waals surface area contributed by atoms with Crippen molar-refractivity contribution < 1.29 is 14.1 Å². The number of likely N-dealkylation sites (N-methyl/N-ethyl adjacent to an activating group) is 1. The van der Waals surface area contributed by atoms with Crippen LogP contribution in [0.15, 0.2) is 11.9 Å². The molecule has 4 nitrogen and oxygen atoms in total. The van der Waals surface area contributed by atoms with Crippen LogP contribution in [0.4, 0.5) is 0 Å². The Bertz CT molecular complexity index is 232. The summed E-state index contributed by atoms with van der Waals surface area (Å²) in [6, 6.07) is 0. The van der Waals surface area contributed by atoms with Crippen LogP contribution in [0, 0.1) is 0 Å². The molecule has 0 N–H and O–H groups in total. The Hall–Kier alpha value is -1.32. The second-order valence-corrected chi connectivity index (χ2v) is 2.90. The smallest absolute Gasteiger partial charge is 0.405 e. The zero-order valence-corrected chi connectivity index (χ0v) is 8.70.